The number of amides is 1. The Morgan fingerprint density at radius 2 is 2.05 bits per heavy atom. The van der Waals surface area contributed by atoms with E-state index in [1.807, 2.05) is 5.32 Å². The van der Waals surface area contributed by atoms with E-state index in [1.54, 1.807) is 0 Å². The quantitative estimate of drug-likeness (QED) is 0.830. The van der Waals surface area contributed by atoms with Crippen LogP contribution in [0, 0.1) is 0 Å². The van der Waals surface area contributed by atoms with Gasteiger partial charge in [-0.15, -0.1) is 0 Å². The number of hydrogen-bond acceptors (Lipinski definition) is 3. The fourth-order valence-electron chi connectivity index (χ4n) is 1.79. The maximum absolute atomic E-state index is 12.8. The van der Waals surface area contributed by atoms with Crippen molar-refractivity contribution in [2.45, 2.75) is 24.6 Å². The second-order valence-corrected chi connectivity index (χ2v) is 4.49. The minimum absolute atomic E-state index is 0.00183. The van der Waals surface area contributed by atoms with E-state index < -0.39 is 17.6 Å². The highest BCUT2D eigenvalue weighted by molar-refractivity contribution is 5.98. The largest absolute Gasteiger partial charge is 0.496 e. The first kappa shape index (κ1) is 13.5. The minimum atomic E-state index is -4.45. The minimum Gasteiger partial charge on any atom is -0.496 e. The number of halogens is 3. The fraction of sp³-hybridized carbons (Fsp3) is 0.417. The van der Waals surface area contributed by atoms with Gasteiger partial charge in [-0.25, -0.2) is 0 Å². The lowest BCUT2D eigenvalue weighted by molar-refractivity contribution is -0.163. The van der Waals surface area contributed by atoms with Crippen molar-refractivity contribution in [1.82, 2.24) is 5.32 Å². The van der Waals surface area contributed by atoms with Crippen molar-refractivity contribution in [2.24, 2.45) is 0 Å². The Hall–Kier alpha value is -1.92. The Kier molecular flexibility index (Phi) is 3.07. The van der Waals surface area contributed by atoms with Gasteiger partial charge in [-0.3, -0.25) is 4.79 Å². The molecule has 1 saturated carbocycles. The van der Waals surface area contributed by atoms with E-state index in [0.717, 1.165) is 0 Å². The van der Waals surface area contributed by atoms with Gasteiger partial charge in [-0.2, -0.15) is 13.2 Å². The summed E-state index contributed by atoms with van der Waals surface area (Å²) in [6, 6.07) is 4.24. The predicted octanol–water partition coefficient (Wildman–Crippen LogP) is 2.10. The van der Waals surface area contributed by atoms with Crippen molar-refractivity contribution in [3.05, 3.63) is 23.8 Å². The van der Waals surface area contributed by atoms with Crippen LogP contribution in [-0.4, -0.2) is 24.7 Å². The van der Waals surface area contributed by atoms with E-state index in [1.165, 1.54) is 25.3 Å². The van der Waals surface area contributed by atoms with Crippen molar-refractivity contribution in [1.29, 1.82) is 0 Å². The molecule has 0 aliphatic heterocycles. The predicted molar refractivity (Wildman–Crippen MR) is 62.9 cm³/mol. The monoisotopic (exact) mass is 274 g/mol. The molecule has 4 nitrogen and oxygen atoms in total. The van der Waals surface area contributed by atoms with E-state index in [0.29, 0.717) is 0 Å². The first-order valence-electron chi connectivity index (χ1n) is 5.62. The number of rotatable bonds is 3. The third-order valence-corrected chi connectivity index (χ3v) is 3.11. The van der Waals surface area contributed by atoms with Gasteiger partial charge in [0.05, 0.1) is 12.7 Å². The van der Waals surface area contributed by atoms with Gasteiger partial charge in [0.1, 0.15) is 11.3 Å². The van der Waals surface area contributed by atoms with Crippen LogP contribution in [0.3, 0.4) is 0 Å². The first-order chi connectivity index (χ1) is 8.79. The van der Waals surface area contributed by atoms with Crippen LogP contribution in [0.1, 0.15) is 23.2 Å². The Bertz CT molecular complexity index is 510. The summed E-state index contributed by atoms with van der Waals surface area (Å²) in [6.45, 7) is 0. The van der Waals surface area contributed by atoms with Crippen LogP contribution in [0.5, 0.6) is 5.75 Å². The number of carbonyl (C=O) groups excluding carboxylic acids is 1. The van der Waals surface area contributed by atoms with E-state index in [-0.39, 0.29) is 29.8 Å². The van der Waals surface area contributed by atoms with E-state index >= 15 is 0 Å². The molecule has 1 fully saturated rings. The molecule has 1 aromatic rings. The molecular weight excluding hydrogens is 261 g/mol. The third-order valence-electron chi connectivity index (χ3n) is 3.11. The molecule has 3 N–H and O–H groups in total. The van der Waals surface area contributed by atoms with Crippen LogP contribution in [0.15, 0.2) is 18.2 Å². The maximum atomic E-state index is 12.8. The van der Waals surface area contributed by atoms with Crippen molar-refractivity contribution in [3.63, 3.8) is 0 Å². The second-order valence-electron chi connectivity index (χ2n) is 4.49. The summed E-state index contributed by atoms with van der Waals surface area (Å²) >= 11 is 0. The molecule has 7 heteroatoms. The molecule has 0 spiro atoms. The van der Waals surface area contributed by atoms with Gasteiger partial charge in [0, 0.05) is 5.69 Å². The third kappa shape index (κ3) is 2.45. The second kappa shape index (κ2) is 4.32. The standard InChI is InChI=1S/C12H13F3N2O2/c1-19-9-3-2-7(16)6-8(9)10(18)17-11(4-5-11)12(13,14)15/h2-3,6H,4-5,16H2,1H3,(H,17,18). The van der Waals surface area contributed by atoms with Gasteiger partial charge in [0.2, 0.25) is 0 Å². The molecule has 1 aliphatic carbocycles. The number of benzene rings is 1. The molecule has 1 aromatic carbocycles. The van der Waals surface area contributed by atoms with Gasteiger partial charge >= 0.3 is 6.18 Å². The number of anilines is 1. The smallest absolute Gasteiger partial charge is 0.411 e. The lowest BCUT2D eigenvalue weighted by Crippen LogP contribution is -2.47. The molecule has 0 unspecified atom stereocenters. The summed E-state index contributed by atoms with van der Waals surface area (Å²) in [7, 11) is 1.33. The number of nitrogens with one attached hydrogen (secondary N) is 1. The van der Waals surface area contributed by atoms with Gasteiger partial charge in [-0.1, -0.05) is 0 Å². The number of nitrogen functional groups attached to an aromatic ring is 1. The summed E-state index contributed by atoms with van der Waals surface area (Å²) in [5, 5.41) is 2.03. The Morgan fingerprint density at radius 1 is 1.42 bits per heavy atom. The summed E-state index contributed by atoms with van der Waals surface area (Å²) in [6.07, 6.45) is -4.66. The van der Waals surface area contributed by atoms with Gasteiger partial charge in [0.25, 0.3) is 5.91 Å². The number of hydrogen-bond donors (Lipinski definition) is 2. The van der Waals surface area contributed by atoms with E-state index in [4.69, 9.17) is 10.5 Å². The Balaban J connectivity index is 2.24. The number of alkyl halides is 3. The Morgan fingerprint density at radius 3 is 2.53 bits per heavy atom. The highest BCUT2D eigenvalue weighted by atomic mass is 19.4. The molecule has 0 aromatic heterocycles. The van der Waals surface area contributed by atoms with Crippen LogP contribution >= 0.6 is 0 Å². The number of nitrogens with two attached hydrogens (primary N) is 1. The fourth-order valence-corrected chi connectivity index (χ4v) is 1.79. The van der Waals surface area contributed by atoms with Gasteiger partial charge in [0.15, 0.2) is 0 Å². The normalized spacial score (nSPS) is 16.8. The molecule has 19 heavy (non-hydrogen) atoms. The van der Waals surface area contributed by atoms with Crippen LogP contribution in [0.2, 0.25) is 0 Å². The van der Waals surface area contributed by atoms with Crippen LogP contribution in [0.4, 0.5) is 18.9 Å². The van der Waals surface area contributed by atoms with Crippen LogP contribution < -0.4 is 15.8 Å². The van der Waals surface area contributed by atoms with E-state index in [2.05, 4.69) is 0 Å². The average Bonchev–Trinajstić information content (AvgIpc) is 3.09. The number of methoxy groups -OCH3 is 1. The summed E-state index contributed by atoms with van der Waals surface area (Å²) < 4.78 is 43.2. The topological polar surface area (TPSA) is 64.3 Å². The average molecular weight is 274 g/mol. The van der Waals surface area contributed by atoms with Crippen molar-refractivity contribution in [2.75, 3.05) is 12.8 Å². The molecule has 0 radical (unpaired) electrons. The van der Waals surface area contributed by atoms with Crippen molar-refractivity contribution >= 4 is 11.6 Å². The van der Waals surface area contributed by atoms with Crippen LogP contribution in [-0.2, 0) is 0 Å². The zero-order chi connectivity index (χ0) is 14.3. The molecule has 0 bridgehead atoms. The molecule has 0 atom stereocenters. The van der Waals surface area contributed by atoms with E-state index in [9.17, 15) is 18.0 Å². The zero-order valence-corrected chi connectivity index (χ0v) is 10.2. The summed E-state index contributed by atoms with van der Waals surface area (Å²) in [5.41, 5.74) is 3.71. The first-order valence-corrected chi connectivity index (χ1v) is 5.62. The lowest BCUT2D eigenvalue weighted by Gasteiger charge is -2.21. The lowest BCUT2D eigenvalue weighted by atomic mass is 10.1. The molecule has 0 heterocycles. The summed E-state index contributed by atoms with van der Waals surface area (Å²) in [5.74, 6) is -0.649. The van der Waals surface area contributed by atoms with Crippen molar-refractivity contribution < 1.29 is 22.7 Å². The highest BCUT2D eigenvalue weighted by Crippen LogP contribution is 2.49. The summed E-state index contributed by atoms with van der Waals surface area (Å²) in [4.78, 5) is 11.9. The number of ether oxygens (including phenoxy) is 1. The molecule has 2 rings (SSSR count). The highest BCUT2D eigenvalue weighted by Gasteiger charge is 2.64. The van der Waals surface area contributed by atoms with Crippen molar-refractivity contribution in [3.8, 4) is 5.75 Å². The molecule has 1 aliphatic rings. The van der Waals surface area contributed by atoms with Gasteiger partial charge < -0.3 is 15.8 Å². The maximum Gasteiger partial charge on any atom is 0.411 e. The molecule has 104 valence electrons. The SMILES string of the molecule is COc1ccc(N)cc1C(=O)NC1(C(F)(F)F)CC1. The molecule has 1 amide bonds. The van der Waals surface area contributed by atoms with Crippen LogP contribution in [0.25, 0.3) is 0 Å². The zero-order valence-electron chi connectivity index (χ0n) is 10.2. The molecular formula is C12H13F3N2O2. The Labute approximate surface area is 107 Å². The molecule has 0 saturated heterocycles. The number of carbonyl (C=O) groups is 1. The van der Waals surface area contributed by atoms with Gasteiger partial charge in [-0.05, 0) is 31.0 Å².